The zero-order valence-corrected chi connectivity index (χ0v) is 12.0. The fourth-order valence-corrected chi connectivity index (χ4v) is 2.91. The topological polar surface area (TPSA) is 56.5 Å². The zero-order chi connectivity index (χ0) is 13.9. The lowest BCUT2D eigenvalue weighted by molar-refractivity contribution is 0.410. The van der Waals surface area contributed by atoms with Crippen LogP contribution in [-0.2, 0) is 6.54 Å². The summed E-state index contributed by atoms with van der Waals surface area (Å²) in [6, 6.07) is 7.52. The minimum atomic E-state index is 0.595. The van der Waals surface area contributed by atoms with Crippen LogP contribution in [0.4, 0.5) is 5.13 Å². The molecule has 0 aliphatic heterocycles. The van der Waals surface area contributed by atoms with Crippen molar-refractivity contribution in [2.24, 2.45) is 0 Å². The summed E-state index contributed by atoms with van der Waals surface area (Å²) >= 11 is 1.53. The molecule has 0 unspecified atom stereocenters. The molecule has 104 valence electrons. The van der Waals surface area contributed by atoms with Gasteiger partial charge < -0.3 is 19.2 Å². The van der Waals surface area contributed by atoms with Crippen molar-refractivity contribution in [2.45, 2.75) is 6.54 Å². The Morgan fingerprint density at radius 2 is 2.00 bits per heavy atom. The van der Waals surface area contributed by atoms with E-state index in [0.29, 0.717) is 6.54 Å². The Bertz CT molecular complexity index is 666. The minimum absolute atomic E-state index is 0.595. The molecule has 0 saturated carbocycles. The van der Waals surface area contributed by atoms with E-state index in [0.717, 1.165) is 32.6 Å². The number of furan rings is 1. The Kier molecular flexibility index (Phi) is 3.47. The predicted octanol–water partition coefficient (Wildman–Crippen LogP) is 3.52. The largest absolute Gasteiger partial charge is 0.495 e. The van der Waals surface area contributed by atoms with Crippen molar-refractivity contribution in [3.8, 4) is 11.5 Å². The number of aromatic nitrogens is 1. The van der Waals surface area contributed by atoms with Gasteiger partial charge >= 0.3 is 0 Å². The van der Waals surface area contributed by atoms with Crippen molar-refractivity contribution in [1.29, 1.82) is 0 Å². The van der Waals surface area contributed by atoms with Gasteiger partial charge in [0.2, 0.25) is 0 Å². The van der Waals surface area contributed by atoms with E-state index in [-0.39, 0.29) is 0 Å². The van der Waals surface area contributed by atoms with E-state index in [4.69, 9.17) is 13.9 Å². The number of fused-ring (bicyclic) bond motifs is 1. The summed E-state index contributed by atoms with van der Waals surface area (Å²) in [5.74, 6) is 2.40. The molecule has 0 aliphatic carbocycles. The van der Waals surface area contributed by atoms with Gasteiger partial charge in [-0.05, 0) is 24.3 Å². The number of nitrogens with zero attached hydrogens (tertiary/aromatic N) is 1. The van der Waals surface area contributed by atoms with Crippen LogP contribution in [0, 0.1) is 0 Å². The average Bonchev–Trinajstić information content (AvgIpc) is 3.12. The SMILES string of the molecule is COc1ccc(OC)c2sc(NCc3ccco3)nc12. The number of ether oxygens (including phenoxy) is 2. The van der Waals surface area contributed by atoms with Crippen LogP contribution in [0.1, 0.15) is 5.76 Å². The number of benzene rings is 1. The van der Waals surface area contributed by atoms with Crippen LogP contribution in [0.3, 0.4) is 0 Å². The second-order valence-corrected chi connectivity index (χ2v) is 5.10. The molecule has 1 aromatic carbocycles. The van der Waals surface area contributed by atoms with Gasteiger partial charge in [-0.3, -0.25) is 0 Å². The monoisotopic (exact) mass is 290 g/mol. The zero-order valence-electron chi connectivity index (χ0n) is 11.2. The summed E-state index contributed by atoms with van der Waals surface area (Å²) in [5, 5.41) is 4.05. The van der Waals surface area contributed by atoms with E-state index < -0.39 is 0 Å². The van der Waals surface area contributed by atoms with Crippen LogP contribution in [0.5, 0.6) is 11.5 Å². The third-order valence-corrected chi connectivity index (χ3v) is 3.93. The lowest BCUT2D eigenvalue weighted by Crippen LogP contribution is -1.96. The Hall–Kier alpha value is -2.21. The Labute approximate surface area is 120 Å². The van der Waals surface area contributed by atoms with Gasteiger partial charge in [0.25, 0.3) is 0 Å². The second-order valence-electron chi connectivity index (χ2n) is 4.10. The third-order valence-electron chi connectivity index (χ3n) is 2.90. The van der Waals surface area contributed by atoms with Gasteiger partial charge in [0, 0.05) is 0 Å². The molecule has 0 atom stereocenters. The molecule has 0 bridgehead atoms. The summed E-state index contributed by atoms with van der Waals surface area (Å²) in [5.41, 5.74) is 0.804. The van der Waals surface area contributed by atoms with E-state index in [2.05, 4.69) is 10.3 Å². The molecule has 20 heavy (non-hydrogen) atoms. The van der Waals surface area contributed by atoms with Crippen LogP contribution in [-0.4, -0.2) is 19.2 Å². The highest BCUT2D eigenvalue weighted by Crippen LogP contribution is 2.38. The molecule has 0 fully saturated rings. The van der Waals surface area contributed by atoms with Crippen LogP contribution in [0.15, 0.2) is 34.9 Å². The molecule has 5 nitrogen and oxygen atoms in total. The first-order valence-electron chi connectivity index (χ1n) is 6.09. The highest BCUT2D eigenvalue weighted by Gasteiger charge is 2.13. The van der Waals surface area contributed by atoms with Crippen molar-refractivity contribution >= 4 is 26.7 Å². The predicted molar refractivity (Wildman–Crippen MR) is 78.8 cm³/mol. The minimum Gasteiger partial charge on any atom is -0.495 e. The van der Waals surface area contributed by atoms with Crippen LogP contribution in [0.25, 0.3) is 10.2 Å². The molecule has 2 heterocycles. The van der Waals surface area contributed by atoms with Gasteiger partial charge in [-0.2, -0.15) is 0 Å². The summed E-state index contributed by atoms with van der Waals surface area (Å²) in [6.07, 6.45) is 1.65. The summed E-state index contributed by atoms with van der Waals surface area (Å²) in [7, 11) is 3.29. The Balaban J connectivity index is 1.92. The fourth-order valence-electron chi connectivity index (χ4n) is 1.94. The van der Waals surface area contributed by atoms with Gasteiger partial charge in [-0.25, -0.2) is 4.98 Å². The fraction of sp³-hybridized carbons (Fsp3) is 0.214. The number of nitrogens with one attached hydrogen (secondary N) is 1. The Morgan fingerprint density at radius 3 is 2.70 bits per heavy atom. The van der Waals surface area contributed by atoms with E-state index in [1.165, 1.54) is 11.3 Å². The van der Waals surface area contributed by atoms with E-state index in [1.807, 2.05) is 24.3 Å². The van der Waals surface area contributed by atoms with Crippen molar-refractivity contribution < 1.29 is 13.9 Å². The first-order valence-corrected chi connectivity index (χ1v) is 6.91. The van der Waals surface area contributed by atoms with Crippen molar-refractivity contribution in [3.63, 3.8) is 0 Å². The molecule has 0 spiro atoms. The standard InChI is InChI=1S/C14H14N2O3S/c1-17-10-5-6-11(18-2)13-12(10)16-14(20-13)15-8-9-4-3-7-19-9/h3-7H,8H2,1-2H3,(H,15,16). The first-order chi connectivity index (χ1) is 9.81. The van der Waals surface area contributed by atoms with Gasteiger partial charge in [0.05, 0.1) is 27.0 Å². The first kappa shape index (κ1) is 12.8. The number of anilines is 1. The molecule has 3 aromatic rings. The Morgan fingerprint density at radius 1 is 1.20 bits per heavy atom. The normalized spacial score (nSPS) is 10.7. The summed E-state index contributed by atoms with van der Waals surface area (Å²) in [6.45, 7) is 0.595. The molecule has 0 amide bonds. The lowest BCUT2D eigenvalue weighted by atomic mass is 10.3. The van der Waals surface area contributed by atoms with Gasteiger partial charge in [0.1, 0.15) is 27.5 Å². The van der Waals surface area contributed by atoms with Crippen LogP contribution < -0.4 is 14.8 Å². The number of thiazole rings is 1. The van der Waals surface area contributed by atoms with Crippen molar-refractivity contribution in [2.75, 3.05) is 19.5 Å². The molecular formula is C14H14N2O3S. The quantitative estimate of drug-likeness (QED) is 0.779. The number of methoxy groups -OCH3 is 2. The maximum atomic E-state index is 5.36. The van der Waals surface area contributed by atoms with E-state index >= 15 is 0 Å². The van der Waals surface area contributed by atoms with E-state index in [9.17, 15) is 0 Å². The summed E-state index contributed by atoms with van der Waals surface area (Å²) < 4.78 is 16.9. The second kappa shape index (κ2) is 5.42. The smallest absolute Gasteiger partial charge is 0.184 e. The third kappa shape index (κ3) is 2.30. The molecule has 1 N–H and O–H groups in total. The van der Waals surface area contributed by atoms with E-state index in [1.54, 1.807) is 20.5 Å². The number of hydrogen-bond acceptors (Lipinski definition) is 6. The highest BCUT2D eigenvalue weighted by atomic mass is 32.1. The van der Waals surface area contributed by atoms with Gasteiger partial charge in [-0.15, -0.1) is 0 Å². The van der Waals surface area contributed by atoms with Crippen LogP contribution in [0.2, 0.25) is 0 Å². The molecular weight excluding hydrogens is 276 g/mol. The molecule has 0 saturated heterocycles. The van der Waals surface area contributed by atoms with Crippen molar-refractivity contribution in [3.05, 3.63) is 36.3 Å². The van der Waals surface area contributed by atoms with Gasteiger partial charge in [0.15, 0.2) is 5.13 Å². The molecule has 3 rings (SSSR count). The van der Waals surface area contributed by atoms with Crippen molar-refractivity contribution in [1.82, 2.24) is 4.98 Å². The molecule has 6 heteroatoms. The van der Waals surface area contributed by atoms with Gasteiger partial charge in [-0.1, -0.05) is 11.3 Å². The maximum absolute atomic E-state index is 5.36. The number of hydrogen-bond donors (Lipinski definition) is 1. The lowest BCUT2D eigenvalue weighted by Gasteiger charge is -2.03. The summed E-state index contributed by atoms with van der Waals surface area (Å²) in [4.78, 5) is 4.55. The van der Waals surface area contributed by atoms with Crippen LogP contribution >= 0.6 is 11.3 Å². The average molecular weight is 290 g/mol. The molecule has 0 aliphatic rings. The molecule has 2 aromatic heterocycles. The molecule has 0 radical (unpaired) electrons. The number of rotatable bonds is 5. The maximum Gasteiger partial charge on any atom is 0.184 e. The highest BCUT2D eigenvalue weighted by molar-refractivity contribution is 7.22.